The molecule has 0 aliphatic carbocycles. The highest BCUT2D eigenvalue weighted by Gasteiger charge is 2.04. The number of nitrogens with zero attached hydrogens (tertiary/aromatic N) is 2. The van der Waals surface area contributed by atoms with E-state index < -0.39 is 0 Å². The average molecular weight is 283 g/mol. The van der Waals surface area contributed by atoms with Crippen molar-refractivity contribution in [1.29, 1.82) is 0 Å². The Bertz CT molecular complexity index is 731. The van der Waals surface area contributed by atoms with Crippen molar-refractivity contribution in [3.63, 3.8) is 0 Å². The average Bonchev–Trinajstić information content (AvgIpc) is 2.87. The van der Waals surface area contributed by atoms with Gasteiger partial charge in [0.1, 0.15) is 0 Å². The van der Waals surface area contributed by atoms with Crippen LogP contribution in [0.1, 0.15) is 11.1 Å². The summed E-state index contributed by atoms with van der Waals surface area (Å²) < 4.78 is 2.16. The van der Waals surface area contributed by atoms with Gasteiger partial charge in [0.2, 0.25) is 0 Å². The van der Waals surface area contributed by atoms with Gasteiger partial charge in [-0.05, 0) is 42.3 Å². The summed E-state index contributed by atoms with van der Waals surface area (Å²) in [6, 6.07) is 12.1. The van der Waals surface area contributed by atoms with Crippen LogP contribution in [0.25, 0.3) is 11.1 Å². The molecule has 0 bridgehead atoms. The molecule has 0 saturated carbocycles. The van der Waals surface area contributed by atoms with E-state index in [1.54, 1.807) is 0 Å². The number of halogens is 1. The number of pyridine rings is 1. The summed E-state index contributed by atoms with van der Waals surface area (Å²) in [5, 5.41) is 0.776. The zero-order valence-electron chi connectivity index (χ0n) is 11.3. The summed E-state index contributed by atoms with van der Waals surface area (Å²) in [4.78, 5) is 4.20. The molecule has 0 radical (unpaired) electrons. The molecule has 0 N–H and O–H groups in total. The van der Waals surface area contributed by atoms with E-state index in [-0.39, 0.29) is 0 Å². The maximum Gasteiger partial charge on any atom is 0.0470 e. The molecule has 0 amide bonds. The van der Waals surface area contributed by atoms with Crippen LogP contribution in [0.5, 0.6) is 0 Å². The van der Waals surface area contributed by atoms with Crippen LogP contribution < -0.4 is 0 Å². The Morgan fingerprint density at radius 2 is 2.10 bits per heavy atom. The molecule has 2 aromatic heterocycles. The van der Waals surface area contributed by atoms with E-state index in [2.05, 4.69) is 41.0 Å². The molecule has 0 fully saturated rings. The molecule has 0 aliphatic rings. The fourth-order valence-corrected chi connectivity index (χ4v) is 2.52. The van der Waals surface area contributed by atoms with Gasteiger partial charge < -0.3 is 4.57 Å². The SMILES string of the molecule is Cc1ccncc1-c1ccn(Cc2cccc(Cl)c2)c1. The first-order chi connectivity index (χ1) is 9.72. The van der Waals surface area contributed by atoms with E-state index in [0.717, 1.165) is 11.6 Å². The van der Waals surface area contributed by atoms with Gasteiger partial charge in [-0.3, -0.25) is 4.98 Å². The van der Waals surface area contributed by atoms with Gasteiger partial charge in [0.25, 0.3) is 0 Å². The quantitative estimate of drug-likeness (QED) is 0.688. The Labute approximate surface area is 123 Å². The first kappa shape index (κ1) is 12.9. The summed E-state index contributed by atoms with van der Waals surface area (Å²) in [5.74, 6) is 0. The van der Waals surface area contributed by atoms with E-state index in [4.69, 9.17) is 11.6 Å². The highest BCUT2D eigenvalue weighted by atomic mass is 35.5. The van der Waals surface area contributed by atoms with Gasteiger partial charge in [0, 0.05) is 47.5 Å². The van der Waals surface area contributed by atoms with Gasteiger partial charge in [-0.1, -0.05) is 23.7 Å². The van der Waals surface area contributed by atoms with Crippen LogP contribution in [0.2, 0.25) is 5.02 Å². The van der Waals surface area contributed by atoms with E-state index in [1.807, 2.05) is 36.7 Å². The van der Waals surface area contributed by atoms with Gasteiger partial charge in [-0.15, -0.1) is 0 Å². The zero-order valence-corrected chi connectivity index (χ0v) is 12.0. The predicted octanol–water partition coefficient (Wildman–Crippen LogP) is 4.56. The third kappa shape index (κ3) is 2.75. The number of rotatable bonds is 3. The first-order valence-corrected chi connectivity index (χ1v) is 6.91. The van der Waals surface area contributed by atoms with Crippen molar-refractivity contribution in [3.8, 4) is 11.1 Å². The second-order valence-corrected chi connectivity index (χ2v) is 5.33. The minimum atomic E-state index is 0.776. The first-order valence-electron chi connectivity index (χ1n) is 6.53. The minimum absolute atomic E-state index is 0.776. The number of aromatic nitrogens is 2. The molecule has 0 spiro atoms. The lowest BCUT2D eigenvalue weighted by Gasteiger charge is -2.04. The van der Waals surface area contributed by atoms with Crippen LogP contribution in [0.3, 0.4) is 0 Å². The smallest absolute Gasteiger partial charge is 0.0470 e. The fraction of sp³-hybridized carbons (Fsp3) is 0.118. The summed E-state index contributed by atoms with van der Waals surface area (Å²) in [5.41, 5.74) is 4.80. The number of benzene rings is 1. The third-order valence-electron chi connectivity index (χ3n) is 3.35. The fourth-order valence-electron chi connectivity index (χ4n) is 2.31. The molecule has 3 rings (SSSR count). The number of hydrogen-bond acceptors (Lipinski definition) is 1. The Hall–Kier alpha value is -2.06. The van der Waals surface area contributed by atoms with Crippen molar-refractivity contribution in [2.75, 3.05) is 0 Å². The maximum atomic E-state index is 6.02. The molecule has 1 aromatic carbocycles. The van der Waals surface area contributed by atoms with Gasteiger partial charge >= 0.3 is 0 Å². The lowest BCUT2D eigenvalue weighted by atomic mass is 10.1. The van der Waals surface area contributed by atoms with Crippen LogP contribution in [-0.4, -0.2) is 9.55 Å². The zero-order chi connectivity index (χ0) is 13.9. The monoisotopic (exact) mass is 282 g/mol. The largest absolute Gasteiger partial charge is 0.349 e. The molecule has 3 heteroatoms. The van der Waals surface area contributed by atoms with E-state index >= 15 is 0 Å². The second-order valence-electron chi connectivity index (χ2n) is 4.89. The van der Waals surface area contributed by atoms with Crippen molar-refractivity contribution in [2.24, 2.45) is 0 Å². The Kier molecular flexibility index (Phi) is 3.57. The van der Waals surface area contributed by atoms with Crippen molar-refractivity contribution in [1.82, 2.24) is 9.55 Å². The number of aryl methyl sites for hydroxylation is 1. The maximum absolute atomic E-state index is 6.02. The third-order valence-corrected chi connectivity index (χ3v) is 3.59. The molecule has 0 atom stereocenters. The summed E-state index contributed by atoms with van der Waals surface area (Å²) >= 11 is 6.02. The second kappa shape index (κ2) is 5.51. The Morgan fingerprint density at radius 3 is 2.90 bits per heavy atom. The number of hydrogen-bond donors (Lipinski definition) is 0. The van der Waals surface area contributed by atoms with E-state index in [9.17, 15) is 0 Å². The summed E-state index contributed by atoms with van der Waals surface area (Å²) in [6.07, 6.45) is 7.96. The highest BCUT2D eigenvalue weighted by molar-refractivity contribution is 6.30. The molecular weight excluding hydrogens is 268 g/mol. The highest BCUT2D eigenvalue weighted by Crippen LogP contribution is 2.23. The van der Waals surface area contributed by atoms with Crippen LogP contribution in [0.15, 0.2) is 61.2 Å². The lowest BCUT2D eigenvalue weighted by Crippen LogP contribution is -1.95. The van der Waals surface area contributed by atoms with Crippen molar-refractivity contribution in [2.45, 2.75) is 13.5 Å². The predicted molar refractivity (Wildman–Crippen MR) is 83.0 cm³/mol. The molecule has 2 nitrogen and oxygen atoms in total. The van der Waals surface area contributed by atoms with Crippen LogP contribution in [-0.2, 0) is 6.54 Å². The Morgan fingerprint density at radius 1 is 1.20 bits per heavy atom. The Balaban J connectivity index is 1.86. The van der Waals surface area contributed by atoms with Gasteiger partial charge in [0.05, 0.1) is 0 Å². The van der Waals surface area contributed by atoms with Crippen LogP contribution >= 0.6 is 11.6 Å². The van der Waals surface area contributed by atoms with Crippen LogP contribution in [0, 0.1) is 6.92 Å². The van der Waals surface area contributed by atoms with Gasteiger partial charge in [0.15, 0.2) is 0 Å². The van der Waals surface area contributed by atoms with Crippen molar-refractivity contribution in [3.05, 3.63) is 77.3 Å². The minimum Gasteiger partial charge on any atom is -0.349 e. The van der Waals surface area contributed by atoms with Gasteiger partial charge in [-0.25, -0.2) is 0 Å². The molecule has 0 saturated heterocycles. The van der Waals surface area contributed by atoms with Crippen LogP contribution in [0.4, 0.5) is 0 Å². The molecule has 2 heterocycles. The van der Waals surface area contributed by atoms with Gasteiger partial charge in [-0.2, -0.15) is 0 Å². The van der Waals surface area contributed by atoms with Crippen molar-refractivity contribution >= 4 is 11.6 Å². The van der Waals surface area contributed by atoms with E-state index in [1.165, 1.54) is 22.3 Å². The molecule has 3 aromatic rings. The molecule has 0 aliphatic heterocycles. The molecule has 0 unspecified atom stereocenters. The molecule has 100 valence electrons. The standard InChI is InChI=1S/C17H15ClN2/c1-13-5-7-19-10-17(13)15-6-8-20(12-15)11-14-3-2-4-16(18)9-14/h2-10,12H,11H2,1H3. The molecular formula is C17H15ClN2. The van der Waals surface area contributed by atoms with Crippen molar-refractivity contribution < 1.29 is 0 Å². The molecule has 20 heavy (non-hydrogen) atoms. The summed E-state index contributed by atoms with van der Waals surface area (Å²) in [6.45, 7) is 2.92. The summed E-state index contributed by atoms with van der Waals surface area (Å²) in [7, 11) is 0. The lowest BCUT2D eigenvalue weighted by molar-refractivity contribution is 0.807. The topological polar surface area (TPSA) is 17.8 Å². The normalized spacial score (nSPS) is 10.7. The van der Waals surface area contributed by atoms with E-state index in [0.29, 0.717) is 0 Å².